The predicted molar refractivity (Wildman–Crippen MR) is 98.0 cm³/mol. The molecule has 5 nitrogen and oxygen atoms in total. The molecule has 0 radical (unpaired) electrons. The third-order valence-electron chi connectivity index (χ3n) is 3.42. The highest BCUT2D eigenvalue weighted by Gasteiger charge is 2.20. The lowest BCUT2D eigenvalue weighted by Crippen LogP contribution is -2.43. The average molecular weight is 359 g/mol. The van der Waals surface area contributed by atoms with E-state index >= 15 is 0 Å². The zero-order valence-electron chi connectivity index (χ0n) is 14.0. The minimum atomic E-state index is -1.04. The quantitative estimate of drug-likeness (QED) is 0.673. The molecular formula is C19H21NO4S. The summed E-state index contributed by atoms with van der Waals surface area (Å²) in [6, 6.07) is 15.8. The minimum absolute atomic E-state index is 0.159. The monoisotopic (exact) mass is 359 g/mol. The van der Waals surface area contributed by atoms with Crippen LogP contribution >= 0.6 is 11.8 Å². The Morgan fingerprint density at radius 1 is 1.12 bits per heavy atom. The van der Waals surface area contributed by atoms with E-state index in [9.17, 15) is 14.7 Å². The summed E-state index contributed by atoms with van der Waals surface area (Å²) in [5.74, 6) is -0.400. The van der Waals surface area contributed by atoms with E-state index in [2.05, 4.69) is 5.32 Å². The van der Waals surface area contributed by atoms with Crippen molar-refractivity contribution in [1.29, 1.82) is 0 Å². The average Bonchev–Trinajstić information content (AvgIpc) is 2.61. The lowest BCUT2D eigenvalue weighted by atomic mass is 10.1. The van der Waals surface area contributed by atoms with E-state index in [1.807, 2.05) is 61.5 Å². The van der Waals surface area contributed by atoms with Gasteiger partial charge in [0.05, 0.1) is 12.4 Å². The van der Waals surface area contributed by atoms with Gasteiger partial charge in [0.2, 0.25) is 5.91 Å². The van der Waals surface area contributed by atoms with Crippen LogP contribution in [0, 0.1) is 0 Å². The molecule has 6 heteroatoms. The minimum Gasteiger partial charge on any atom is -0.494 e. The topological polar surface area (TPSA) is 75.6 Å². The van der Waals surface area contributed by atoms with Gasteiger partial charge >= 0.3 is 5.97 Å². The number of amides is 1. The highest BCUT2D eigenvalue weighted by Crippen LogP contribution is 2.21. The molecule has 0 unspecified atom stereocenters. The van der Waals surface area contributed by atoms with Crippen molar-refractivity contribution in [2.45, 2.75) is 24.3 Å². The van der Waals surface area contributed by atoms with Gasteiger partial charge in [0.15, 0.2) is 0 Å². The molecule has 2 N–H and O–H groups in total. The first kappa shape index (κ1) is 18.9. The molecule has 2 aromatic carbocycles. The fourth-order valence-electron chi connectivity index (χ4n) is 2.23. The Morgan fingerprint density at radius 2 is 1.80 bits per heavy atom. The Hall–Kier alpha value is -2.47. The van der Waals surface area contributed by atoms with Gasteiger partial charge in [0, 0.05) is 11.3 Å². The van der Waals surface area contributed by atoms with Crippen LogP contribution in [0.4, 0.5) is 0 Å². The van der Waals surface area contributed by atoms with Crippen molar-refractivity contribution in [3.63, 3.8) is 0 Å². The first-order valence-corrected chi connectivity index (χ1v) is 8.98. The summed E-state index contributed by atoms with van der Waals surface area (Å²) in [4.78, 5) is 24.4. The van der Waals surface area contributed by atoms with Crippen LogP contribution in [-0.2, 0) is 16.0 Å². The van der Waals surface area contributed by atoms with E-state index in [0.29, 0.717) is 6.61 Å². The van der Waals surface area contributed by atoms with Crippen LogP contribution in [-0.4, -0.2) is 35.4 Å². The third-order valence-corrected chi connectivity index (χ3v) is 4.43. The second kappa shape index (κ2) is 9.74. The van der Waals surface area contributed by atoms with Crippen molar-refractivity contribution in [2.75, 3.05) is 12.4 Å². The van der Waals surface area contributed by atoms with Crippen molar-refractivity contribution in [3.8, 4) is 5.75 Å². The van der Waals surface area contributed by atoms with Crippen LogP contribution in [0.5, 0.6) is 5.75 Å². The molecule has 0 heterocycles. The molecule has 0 aliphatic heterocycles. The molecule has 2 aromatic rings. The molecule has 0 saturated carbocycles. The first-order chi connectivity index (χ1) is 12.1. The Labute approximate surface area is 151 Å². The van der Waals surface area contributed by atoms with Gasteiger partial charge in [-0.3, -0.25) is 4.79 Å². The summed E-state index contributed by atoms with van der Waals surface area (Å²) >= 11 is 1.35. The second-order valence-electron chi connectivity index (χ2n) is 5.34. The number of hydrogen-bond acceptors (Lipinski definition) is 4. The largest absolute Gasteiger partial charge is 0.494 e. The van der Waals surface area contributed by atoms with Crippen LogP contribution in [0.25, 0.3) is 0 Å². The molecule has 0 bridgehead atoms. The van der Waals surface area contributed by atoms with E-state index in [0.717, 1.165) is 16.2 Å². The van der Waals surface area contributed by atoms with Crippen LogP contribution < -0.4 is 10.1 Å². The van der Waals surface area contributed by atoms with Gasteiger partial charge in [-0.05, 0) is 36.8 Å². The smallest absolute Gasteiger partial charge is 0.326 e. The van der Waals surface area contributed by atoms with Crippen LogP contribution in [0.15, 0.2) is 59.5 Å². The molecule has 0 fully saturated rings. The van der Waals surface area contributed by atoms with Gasteiger partial charge in [-0.1, -0.05) is 30.3 Å². The van der Waals surface area contributed by atoms with Crippen molar-refractivity contribution in [1.82, 2.24) is 5.32 Å². The molecule has 132 valence electrons. The molecule has 1 amide bonds. The number of hydrogen-bond donors (Lipinski definition) is 2. The predicted octanol–water partition coefficient (Wildman–Crippen LogP) is 2.99. The Kier molecular flexibility index (Phi) is 7.35. The summed E-state index contributed by atoms with van der Waals surface area (Å²) in [7, 11) is 0. The van der Waals surface area contributed by atoms with Gasteiger partial charge in [-0.15, -0.1) is 11.8 Å². The molecular weight excluding hydrogens is 338 g/mol. The number of nitrogens with one attached hydrogen (secondary N) is 1. The Bertz CT molecular complexity index is 688. The highest BCUT2D eigenvalue weighted by molar-refractivity contribution is 8.00. The number of carbonyl (C=O) groups excluding carboxylic acids is 1. The number of carboxylic acid groups (broad SMARTS) is 1. The maximum absolute atomic E-state index is 12.1. The molecule has 0 aliphatic rings. The number of benzene rings is 2. The number of thioether (sulfide) groups is 1. The van der Waals surface area contributed by atoms with Gasteiger partial charge < -0.3 is 15.2 Å². The number of carboxylic acids is 1. The third kappa shape index (κ3) is 6.51. The van der Waals surface area contributed by atoms with Gasteiger partial charge in [0.1, 0.15) is 11.8 Å². The summed E-state index contributed by atoms with van der Waals surface area (Å²) < 4.78 is 5.37. The van der Waals surface area contributed by atoms with E-state index in [4.69, 9.17) is 4.74 Å². The van der Waals surface area contributed by atoms with Crippen LogP contribution in [0.2, 0.25) is 0 Å². The summed E-state index contributed by atoms with van der Waals surface area (Å²) in [6.07, 6.45) is 0.260. The second-order valence-corrected chi connectivity index (χ2v) is 6.39. The van der Waals surface area contributed by atoms with Crippen molar-refractivity contribution >= 4 is 23.6 Å². The molecule has 0 saturated heterocycles. The molecule has 0 spiro atoms. The number of carbonyl (C=O) groups is 2. The van der Waals surface area contributed by atoms with Crippen molar-refractivity contribution < 1.29 is 19.4 Å². The fraction of sp³-hybridized carbons (Fsp3) is 0.263. The van der Waals surface area contributed by atoms with E-state index < -0.39 is 12.0 Å². The zero-order valence-corrected chi connectivity index (χ0v) is 14.8. The number of ether oxygens (including phenoxy) is 1. The van der Waals surface area contributed by atoms with Gasteiger partial charge in [0.25, 0.3) is 0 Å². The zero-order chi connectivity index (χ0) is 18.1. The van der Waals surface area contributed by atoms with E-state index in [1.165, 1.54) is 11.8 Å². The SMILES string of the molecule is CCOc1ccc(SCC(=O)N[C@@H](Cc2ccccc2)C(=O)O)cc1. The lowest BCUT2D eigenvalue weighted by molar-refractivity contribution is -0.141. The number of aliphatic carboxylic acids is 1. The van der Waals surface area contributed by atoms with E-state index in [-0.39, 0.29) is 18.1 Å². The lowest BCUT2D eigenvalue weighted by Gasteiger charge is -2.14. The highest BCUT2D eigenvalue weighted by atomic mass is 32.2. The van der Waals surface area contributed by atoms with Crippen molar-refractivity contribution in [2.24, 2.45) is 0 Å². The Morgan fingerprint density at radius 3 is 2.40 bits per heavy atom. The fourth-order valence-corrected chi connectivity index (χ4v) is 2.94. The standard InChI is InChI=1S/C19H21NO4S/c1-2-24-15-8-10-16(11-9-15)25-13-18(21)20-17(19(22)23)12-14-6-4-3-5-7-14/h3-11,17H,2,12-13H2,1H3,(H,20,21)(H,22,23)/t17-/m0/s1. The molecule has 25 heavy (non-hydrogen) atoms. The maximum atomic E-state index is 12.1. The van der Waals surface area contributed by atoms with Gasteiger partial charge in [-0.2, -0.15) is 0 Å². The van der Waals surface area contributed by atoms with E-state index in [1.54, 1.807) is 0 Å². The first-order valence-electron chi connectivity index (χ1n) is 8.00. The van der Waals surface area contributed by atoms with Crippen LogP contribution in [0.3, 0.4) is 0 Å². The molecule has 1 atom stereocenters. The molecule has 0 aromatic heterocycles. The Balaban J connectivity index is 1.85. The number of rotatable bonds is 9. The van der Waals surface area contributed by atoms with Crippen molar-refractivity contribution in [3.05, 3.63) is 60.2 Å². The van der Waals surface area contributed by atoms with Crippen LogP contribution in [0.1, 0.15) is 12.5 Å². The molecule has 0 aliphatic carbocycles. The molecule has 2 rings (SSSR count). The summed E-state index contributed by atoms with van der Waals surface area (Å²) in [5, 5.41) is 11.9. The summed E-state index contributed by atoms with van der Waals surface area (Å²) in [5.41, 5.74) is 0.870. The normalized spacial score (nSPS) is 11.6. The van der Waals surface area contributed by atoms with Gasteiger partial charge in [-0.25, -0.2) is 4.79 Å². The summed E-state index contributed by atoms with van der Waals surface area (Å²) in [6.45, 7) is 2.52. The maximum Gasteiger partial charge on any atom is 0.326 e.